The molecule has 0 aliphatic heterocycles. The highest BCUT2D eigenvalue weighted by atomic mass is 16.6. The van der Waals surface area contributed by atoms with Gasteiger partial charge in [0.05, 0.1) is 0 Å². The summed E-state index contributed by atoms with van der Waals surface area (Å²) in [4.78, 5) is 15.2. The highest BCUT2D eigenvalue weighted by Gasteiger charge is 2.04. The van der Waals surface area contributed by atoms with Crippen LogP contribution in [0.1, 0.15) is 15.9 Å². The maximum atomic E-state index is 10.8. The van der Waals surface area contributed by atoms with Gasteiger partial charge in [0.15, 0.2) is 0 Å². The highest BCUT2D eigenvalue weighted by Crippen LogP contribution is 2.15. The van der Waals surface area contributed by atoms with Crippen LogP contribution in [-0.4, -0.2) is 5.91 Å². The van der Waals surface area contributed by atoms with Gasteiger partial charge < -0.3 is 10.6 Å². The van der Waals surface area contributed by atoms with Gasteiger partial charge >= 0.3 is 0 Å². The van der Waals surface area contributed by atoms with E-state index in [0.717, 1.165) is 5.56 Å². The van der Waals surface area contributed by atoms with Crippen molar-refractivity contribution in [3.8, 4) is 5.75 Å². The summed E-state index contributed by atoms with van der Waals surface area (Å²) < 4.78 is 0. The van der Waals surface area contributed by atoms with E-state index in [-0.39, 0.29) is 0 Å². The molecule has 0 fully saturated rings. The van der Waals surface area contributed by atoms with E-state index in [1.165, 1.54) is 0 Å². The van der Waals surface area contributed by atoms with Crippen LogP contribution < -0.4 is 16.5 Å². The van der Waals surface area contributed by atoms with Gasteiger partial charge in [-0.1, -0.05) is 0 Å². The second-order valence-corrected chi connectivity index (χ2v) is 2.46. The van der Waals surface area contributed by atoms with Crippen molar-refractivity contribution in [3.63, 3.8) is 0 Å². The van der Waals surface area contributed by atoms with Crippen LogP contribution in [0.15, 0.2) is 18.2 Å². The minimum atomic E-state index is -0.448. The van der Waals surface area contributed by atoms with Crippen LogP contribution in [-0.2, 0) is 0 Å². The highest BCUT2D eigenvalue weighted by molar-refractivity contribution is 5.94. The molecule has 0 heterocycles. The molecule has 12 heavy (non-hydrogen) atoms. The fourth-order valence-corrected chi connectivity index (χ4v) is 0.986. The zero-order chi connectivity index (χ0) is 9.14. The summed E-state index contributed by atoms with van der Waals surface area (Å²) in [5, 5.41) is 0. The Morgan fingerprint density at radius 3 is 2.58 bits per heavy atom. The van der Waals surface area contributed by atoms with Crippen molar-refractivity contribution in [2.24, 2.45) is 11.6 Å². The van der Waals surface area contributed by atoms with Crippen LogP contribution in [0.25, 0.3) is 0 Å². The molecule has 0 radical (unpaired) electrons. The largest absolute Gasteiger partial charge is 0.412 e. The Bertz CT molecular complexity index is 310. The summed E-state index contributed by atoms with van der Waals surface area (Å²) in [7, 11) is 0. The number of rotatable bonds is 2. The fourth-order valence-electron chi connectivity index (χ4n) is 0.986. The molecule has 0 spiro atoms. The third-order valence-corrected chi connectivity index (χ3v) is 1.60. The average Bonchev–Trinajstić information content (AvgIpc) is 2.03. The van der Waals surface area contributed by atoms with Gasteiger partial charge in [-0.3, -0.25) is 4.79 Å². The van der Waals surface area contributed by atoms with E-state index in [2.05, 4.69) is 4.84 Å². The van der Waals surface area contributed by atoms with Crippen molar-refractivity contribution in [2.45, 2.75) is 6.92 Å². The molecule has 1 aromatic rings. The smallest absolute Gasteiger partial charge is 0.248 e. The minimum absolute atomic E-state index is 0.448. The standard InChI is InChI=1S/C8H10N2O2/c1-5-4-6(12-10)2-3-7(5)8(9)11/h2-4H,10H2,1H3,(H2,9,11). The summed E-state index contributed by atoms with van der Waals surface area (Å²) in [6.07, 6.45) is 0. The number of hydrogen-bond donors (Lipinski definition) is 2. The van der Waals surface area contributed by atoms with Crippen molar-refractivity contribution < 1.29 is 9.63 Å². The second kappa shape index (κ2) is 3.23. The lowest BCUT2D eigenvalue weighted by molar-refractivity contribution is 0.0999. The molecule has 0 atom stereocenters. The van der Waals surface area contributed by atoms with Crippen molar-refractivity contribution >= 4 is 5.91 Å². The first-order valence-electron chi connectivity index (χ1n) is 3.42. The van der Waals surface area contributed by atoms with Gasteiger partial charge in [-0.15, -0.1) is 0 Å². The molecule has 0 unspecified atom stereocenters. The Hall–Kier alpha value is -1.55. The summed E-state index contributed by atoms with van der Waals surface area (Å²) in [6, 6.07) is 4.83. The Labute approximate surface area is 70.1 Å². The molecule has 4 nitrogen and oxygen atoms in total. The first-order chi connectivity index (χ1) is 5.65. The van der Waals surface area contributed by atoms with E-state index in [9.17, 15) is 4.79 Å². The van der Waals surface area contributed by atoms with E-state index in [1.54, 1.807) is 25.1 Å². The first-order valence-corrected chi connectivity index (χ1v) is 3.42. The number of hydrogen-bond acceptors (Lipinski definition) is 3. The molecule has 0 aromatic heterocycles. The van der Waals surface area contributed by atoms with Gasteiger partial charge in [0.25, 0.3) is 0 Å². The number of nitrogens with two attached hydrogens (primary N) is 2. The normalized spacial score (nSPS) is 9.50. The molecule has 0 saturated carbocycles. The SMILES string of the molecule is Cc1cc(ON)ccc1C(N)=O. The minimum Gasteiger partial charge on any atom is -0.412 e. The maximum Gasteiger partial charge on any atom is 0.248 e. The third kappa shape index (κ3) is 1.54. The molecule has 0 aliphatic rings. The molecule has 1 amide bonds. The Balaban J connectivity index is 3.12. The lowest BCUT2D eigenvalue weighted by atomic mass is 10.1. The number of primary amides is 1. The van der Waals surface area contributed by atoms with Crippen LogP contribution in [0, 0.1) is 6.92 Å². The van der Waals surface area contributed by atoms with Gasteiger partial charge in [0.2, 0.25) is 5.91 Å². The topological polar surface area (TPSA) is 78.3 Å². The Morgan fingerprint density at radius 1 is 1.50 bits per heavy atom. The van der Waals surface area contributed by atoms with E-state index in [1.807, 2.05) is 0 Å². The molecule has 4 heteroatoms. The quantitative estimate of drug-likeness (QED) is 0.622. The first kappa shape index (κ1) is 8.55. The van der Waals surface area contributed by atoms with Gasteiger partial charge in [0, 0.05) is 5.56 Å². The molecule has 4 N–H and O–H groups in total. The van der Waals surface area contributed by atoms with Crippen LogP contribution in [0.2, 0.25) is 0 Å². The zero-order valence-electron chi connectivity index (χ0n) is 6.70. The van der Waals surface area contributed by atoms with Gasteiger partial charge in [-0.05, 0) is 30.7 Å². The van der Waals surface area contributed by atoms with Crippen LogP contribution in [0.4, 0.5) is 0 Å². The van der Waals surface area contributed by atoms with E-state index in [4.69, 9.17) is 11.6 Å². The molecule has 1 aromatic carbocycles. The summed E-state index contributed by atoms with van der Waals surface area (Å²) in [6.45, 7) is 1.77. The second-order valence-electron chi connectivity index (χ2n) is 2.46. The van der Waals surface area contributed by atoms with Crippen LogP contribution >= 0.6 is 0 Å². The Morgan fingerprint density at radius 2 is 2.17 bits per heavy atom. The molecule has 0 aliphatic carbocycles. The van der Waals surface area contributed by atoms with Gasteiger partial charge in [0.1, 0.15) is 5.75 Å². The fraction of sp³-hybridized carbons (Fsp3) is 0.125. The molecule has 64 valence electrons. The van der Waals surface area contributed by atoms with Gasteiger partial charge in [-0.25, -0.2) is 0 Å². The van der Waals surface area contributed by atoms with Crippen molar-refractivity contribution in [2.75, 3.05) is 0 Å². The number of carbonyl (C=O) groups is 1. The van der Waals surface area contributed by atoms with E-state index < -0.39 is 5.91 Å². The predicted molar refractivity (Wildman–Crippen MR) is 44.5 cm³/mol. The molecular weight excluding hydrogens is 156 g/mol. The number of carbonyl (C=O) groups excluding carboxylic acids is 1. The monoisotopic (exact) mass is 166 g/mol. The van der Waals surface area contributed by atoms with E-state index in [0.29, 0.717) is 11.3 Å². The predicted octanol–water partition coefficient (Wildman–Crippen LogP) is 0.346. The zero-order valence-corrected chi connectivity index (χ0v) is 6.70. The van der Waals surface area contributed by atoms with Crippen molar-refractivity contribution in [3.05, 3.63) is 29.3 Å². The Kier molecular flexibility index (Phi) is 2.30. The number of aryl methyl sites for hydroxylation is 1. The third-order valence-electron chi connectivity index (χ3n) is 1.60. The summed E-state index contributed by atoms with van der Waals surface area (Å²) in [5.74, 6) is 4.99. The van der Waals surface area contributed by atoms with Crippen LogP contribution in [0.5, 0.6) is 5.75 Å². The van der Waals surface area contributed by atoms with Crippen molar-refractivity contribution in [1.82, 2.24) is 0 Å². The molecule has 1 rings (SSSR count). The summed E-state index contributed by atoms with van der Waals surface area (Å²) >= 11 is 0. The van der Waals surface area contributed by atoms with Gasteiger partial charge in [-0.2, -0.15) is 5.90 Å². The van der Waals surface area contributed by atoms with Crippen LogP contribution in [0.3, 0.4) is 0 Å². The van der Waals surface area contributed by atoms with Crippen molar-refractivity contribution in [1.29, 1.82) is 0 Å². The van der Waals surface area contributed by atoms with E-state index >= 15 is 0 Å². The molecular formula is C8H10N2O2. The lowest BCUT2D eigenvalue weighted by Crippen LogP contribution is -2.13. The average molecular weight is 166 g/mol. The lowest BCUT2D eigenvalue weighted by Gasteiger charge is -2.03. The summed E-state index contributed by atoms with van der Waals surface area (Å²) in [5.41, 5.74) is 6.33. The maximum absolute atomic E-state index is 10.8. The number of benzene rings is 1. The molecule has 0 saturated heterocycles. The molecule has 0 bridgehead atoms. The number of amides is 1.